The molecule has 2 aliphatic rings. The van der Waals surface area contributed by atoms with Gasteiger partial charge in [-0.1, -0.05) is 18.2 Å². The van der Waals surface area contributed by atoms with Gasteiger partial charge in [-0.05, 0) is 38.1 Å². The molecule has 2 heterocycles. The van der Waals surface area contributed by atoms with Crippen molar-refractivity contribution in [1.82, 2.24) is 15.5 Å². The minimum absolute atomic E-state index is 0.0305. The predicted molar refractivity (Wildman–Crippen MR) is 100 cm³/mol. The first kappa shape index (κ1) is 18.7. The summed E-state index contributed by atoms with van der Waals surface area (Å²) in [5.41, 5.74) is 0.373. The molecule has 0 saturated carbocycles. The number of ether oxygens (including phenoxy) is 1. The van der Waals surface area contributed by atoms with Crippen LogP contribution in [-0.2, 0) is 14.3 Å². The summed E-state index contributed by atoms with van der Waals surface area (Å²) in [6, 6.07) is 10.2. The quantitative estimate of drug-likeness (QED) is 0.786. The molecule has 0 bridgehead atoms. The highest BCUT2D eigenvalue weighted by Crippen LogP contribution is 2.22. The van der Waals surface area contributed by atoms with Crippen LogP contribution in [-0.4, -0.2) is 75.2 Å². The molecule has 142 valence electrons. The van der Waals surface area contributed by atoms with Crippen LogP contribution in [0.25, 0.3) is 0 Å². The first-order valence-electron chi connectivity index (χ1n) is 9.26. The number of amides is 2. The van der Waals surface area contributed by atoms with E-state index in [4.69, 9.17) is 4.74 Å². The highest BCUT2D eigenvalue weighted by molar-refractivity contribution is 5.89. The van der Waals surface area contributed by atoms with E-state index in [9.17, 15) is 9.59 Å². The van der Waals surface area contributed by atoms with Gasteiger partial charge in [0.2, 0.25) is 5.91 Å². The molecular formula is C19H28N4O3. The molecule has 7 nitrogen and oxygen atoms in total. The van der Waals surface area contributed by atoms with E-state index in [-0.39, 0.29) is 18.4 Å². The number of benzene rings is 1. The molecule has 2 amide bonds. The molecule has 0 aliphatic carbocycles. The van der Waals surface area contributed by atoms with Crippen LogP contribution in [0.2, 0.25) is 0 Å². The normalized spacial score (nSPS) is 19.9. The van der Waals surface area contributed by atoms with Gasteiger partial charge in [-0.15, -0.1) is 0 Å². The minimum atomic E-state index is -0.808. The second-order valence-corrected chi connectivity index (χ2v) is 6.83. The average Bonchev–Trinajstić information content (AvgIpc) is 2.73. The van der Waals surface area contributed by atoms with E-state index in [0.717, 1.165) is 26.2 Å². The second kappa shape index (κ2) is 8.51. The zero-order chi connectivity index (χ0) is 18.4. The number of para-hydroxylation sites is 1. The summed E-state index contributed by atoms with van der Waals surface area (Å²) in [7, 11) is 1.57. The van der Waals surface area contributed by atoms with Crippen molar-refractivity contribution in [3.05, 3.63) is 30.3 Å². The zero-order valence-corrected chi connectivity index (χ0v) is 15.4. The maximum Gasteiger partial charge on any atom is 0.252 e. The van der Waals surface area contributed by atoms with Gasteiger partial charge in [0.05, 0.1) is 6.54 Å². The summed E-state index contributed by atoms with van der Waals surface area (Å²) >= 11 is 0. The SMILES string of the molecule is COC1(C(=O)NCC(=O)N2CCN(c3ccccc3)CC2)CCNCC1. The van der Waals surface area contributed by atoms with E-state index in [0.29, 0.717) is 25.9 Å². The van der Waals surface area contributed by atoms with Crippen LogP contribution in [0.4, 0.5) is 5.69 Å². The molecule has 0 aromatic heterocycles. The number of piperidine rings is 1. The van der Waals surface area contributed by atoms with Gasteiger partial charge in [0, 0.05) is 39.0 Å². The van der Waals surface area contributed by atoms with Crippen molar-refractivity contribution < 1.29 is 14.3 Å². The van der Waals surface area contributed by atoms with Crippen molar-refractivity contribution in [3.8, 4) is 0 Å². The number of hydrogen-bond acceptors (Lipinski definition) is 5. The fourth-order valence-electron chi connectivity index (χ4n) is 3.64. The molecule has 0 atom stereocenters. The van der Waals surface area contributed by atoms with Crippen LogP contribution in [0.3, 0.4) is 0 Å². The summed E-state index contributed by atoms with van der Waals surface area (Å²) in [5.74, 6) is -0.218. The third-order valence-electron chi connectivity index (χ3n) is 5.37. The fourth-order valence-corrected chi connectivity index (χ4v) is 3.64. The average molecular weight is 360 g/mol. The number of nitrogens with zero attached hydrogens (tertiary/aromatic N) is 2. The van der Waals surface area contributed by atoms with Crippen molar-refractivity contribution in [2.24, 2.45) is 0 Å². The lowest BCUT2D eigenvalue weighted by Crippen LogP contribution is -2.56. The molecule has 0 radical (unpaired) electrons. The fraction of sp³-hybridized carbons (Fsp3) is 0.579. The minimum Gasteiger partial charge on any atom is -0.368 e. The lowest BCUT2D eigenvalue weighted by molar-refractivity contribution is -0.148. The summed E-state index contributed by atoms with van der Waals surface area (Å²) in [4.78, 5) is 29.1. The largest absolute Gasteiger partial charge is 0.368 e. The summed E-state index contributed by atoms with van der Waals surface area (Å²) in [6.45, 7) is 4.47. The third-order valence-corrected chi connectivity index (χ3v) is 5.37. The van der Waals surface area contributed by atoms with E-state index in [1.165, 1.54) is 5.69 Å². The molecule has 1 aromatic carbocycles. The lowest BCUT2D eigenvalue weighted by atomic mass is 9.91. The summed E-state index contributed by atoms with van der Waals surface area (Å²) in [6.07, 6.45) is 1.25. The first-order valence-corrected chi connectivity index (χ1v) is 9.26. The van der Waals surface area contributed by atoms with Gasteiger partial charge in [0.25, 0.3) is 5.91 Å². The van der Waals surface area contributed by atoms with Crippen LogP contribution in [0.5, 0.6) is 0 Å². The molecule has 0 spiro atoms. The van der Waals surface area contributed by atoms with Crippen molar-refractivity contribution in [2.45, 2.75) is 18.4 Å². The van der Waals surface area contributed by atoms with Gasteiger partial charge >= 0.3 is 0 Å². The number of anilines is 1. The highest BCUT2D eigenvalue weighted by Gasteiger charge is 2.39. The molecular weight excluding hydrogens is 332 g/mol. The Morgan fingerprint density at radius 1 is 1.12 bits per heavy atom. The Bertz CT molecular complexity index is 608. The van der Waals surface area contributed by atoms with Crippen LogP contribution >= 0.6 is 0 Å². The Hall–Kier alpha value is -2.12. The van der Waals surface area contributed by atoms with Gasteiger partial charge in [0.1, 0.15) is 5.60 Å². The molecule has 2 aliphatic heterocycles. The molecule has 3 rings (SSSR count). The van der Waals surface area contributed by atoms with Crippen LogP contribution in [0, 0.1) is 0 Å². The molecule has 7 heteroatoms. The van der Waals surface area contributed by atoms with Gasteiger partial charge in [-0.25, -0.2) is 0 Å². The van der Waals surface area contributed by atoms with E-state index >= 15 is 0 Å². The highest BCUT2D eigenvalue weighted by atomic mass is 16.5. The van der Waals surface area contributed by atoms with Gasteiger partial charge < -0.3 is 25.2 Å². The van der Waals surface area contributed by atoms with Crippen LogP contribution in [0.1, 0.15) is 12.8 Å². The van der Waals surface area contributed by atoms with Crippen molar-refractivity contribution >= 4 is 17.5 Å². The Kier molecular flexibility index (Phi) is 6.11. The maximum atomic E-state index is 12.5. The number of piperazine rings is 1. The molecule has 2 saturated heterocycles. The number of carbonyl (C=O) groups excluding carboxylic acids is 2. The standard InChI is InChI=1S/C19H28N4O3/c1-26-19(7-9-20-10-8-19)18(25)21-15-17(24)23-13-11-22(12-14-23)16-5-3-2-4-6-16/h2-6,20H,7-15H2,1H3,(H,21,25). The number of rotatable bonds is 5. The Balaban J connectivity index is 1.46. The number of hydrogen-bond donors (Lipinski definition) is 2. The molecule has 0 unspecified atom stereocenters. The first-order chi connectivity index (χ1) is 12.6. The predicted octanol–water partition coefficient (Wildman–Crippen LogP) is 0.220. The lowest BCUT2D eigenvalue weighted by Gasteiger charge is -2.37. The van der Waals surface area contributed by atoms with Gasteiger partial charge in [-0.3, -0.25) is 9.59 Å². The van der Waals surface area contributed by atoms with Crippen LogP contribution < -0.4 is 15.5 Å². The molecule has 2 N–H and O–H groups in total. The Morgan fingerprint density at radius 3 is 2.38 bits per heavy atom. The van der Waals surface area contributed by atoms with Crippen molar-refractivity contribution in [2.75, 3.05) is 57.8 Å². The van der Waals surface area contributed by atoms with Crippen molar-refractivity contribution in [3.63, 3.8) is 0 Å². The topological polar surface area (TPSA) is 73.9 Å². The van der Waals surface area contributed by atoms with Gasteiger partial charge in [-0.2, -0.15) is 0 Å². The summed E-state index contributed by atoms with van der Waals surface area (Å²) in [5, 5.41) is 6.01. The van der Waals surface area contributed by atoms with E-state index in [2.05, 4.69) is 27.7 Å². The number of carbonyl (C=O) groups is 2. The van der Waals surface area contributed by atoms with Crippen LogP contribution in [0.15, 0.2) is 30.3 Å². The number of nitrogens with one attached hydrogen (secondary N) is 2. The van der Waals surface area contributed by atoms with Crippen molar-refractivity contribution in [1.29, 1.82) is 0 Å². The number of methoxy groups -OCH3 is 1. The van der Waals surface area contributed by atoms with Gasteiger partial charge in [0.15, 0.2) is 0 Å². The third kappa shape index (κ3) is 4.16. The smallest absolute Gasteiger partial charge is 0.252 e. The molecule has 1 aromatic rings. The Labute approximate surface area is 154 Å². The Morgan fingerprint density at radius 2 is 1.77 bits per heavy atom. The van der Waals surface area contributed by atoms with E-state index < -0.39 is 5.60 Å². The molecule has 2 fully saturated rings. The van der Waals surface area contributed by atoms with E-state index in [1.807, 2.05) is 23.1 Å². The molecule has 26 heavy (non-hydrogen) atoms. The summed E-state index contributed by atoms with van der Waals surface area (Å²) < 4.78 is 5.50. The van der Waals surface area contributed by atoms with E-state index in [1.54, 1.807) is 7.11 Å². The second-order valence-electron chi connectivity index (χ2n) is 6.83. The zero-order valence-electron chi connectivity index (χ0n) is 15.4. The maximum absolute atomic E-state index is 12.5. The monoisotopic (exact) mass is 360 g/mol.